The number of hydrogen-bond donors (Lipinski definition) is 2. The van der Waals surface area contributed by atoms with Crippen LogP contribution in [-0.2, 0) is 23.7 Å². The molecule has 0 radical (unpaired) electrons. The molecule has 2 unspecified atom stereocenters. The van der Waals surface area contributed by atoms with Crippen molar-refractivity contribution in [3.63, 3.8) is 0 Å². The highest BCUT2D eigenvalue weighted by atomic mass is 19.1. The largest absolute Gasteiger partial charge is 0.394 e. The van der Waals surface area contributed by atoms with Crippen molar-refractivity contribution in [2.45, 2.75) is 56.2 Å². The topological polar surface area (TPSA) is 86.6 Å². The zero-order chi connectivity index (χ0) is 15.1. The Hall–Kier alpha value is -0.350. The van der Waals surface area contributed by atoms with E-state index in [1.165, 1.54) is 14.2 Å². The van der Waals surface area contributed by atoms with Crippen LogP contribution in [0.4, 0.5) is 4.39 Å². The number of alkyl halides is 1. The third-order valence-electron chi connectivity index (χ3n) is 4.11. The van der Waals surface area contributed by atoms with Crippen LogP contribution in [0.2, 0.25) is 0 Å². The van der Waals surface area contributed by atoms with Crippen LogP contribution in [0.25, 0.3) is 0 Å². The van der Waals surface area contributed by atoms with Gasteiger partial charge in [0, 0.05) is 14.2 Å². The summed E-state index contributed by atoms with van der Waals surface area (Å²) < 4.78 is 40.6. The summed E-state index contributed by atoms with van der Waals surface area (Å²) in [4.78, 5) is 0. The fourth-order valence-corrected chi connectivity index (χ4v) is 2.51. The molecule has 8 heteroatoms. The quantitative estimate of drug-likeness (QED) is 0.729. The molecule has 0 aromatic carbocycles. The molecule has 0 spiro atoms. The predicted molar refractivity (Wildman–Crippen MR) is 63.4 cm³/mol. The zero-order valence-electron chi connectivity index (χ0n) is 11.9. The van der Waals surface area contributed by atoms with E-state index in [-0.39, 0.29) is 0 Å². The smallest absolute Gasteiger partial charge is 0.228 e. The minimum Gasteiger partial charge on any atom is -0.394 e. The van der Waals surface area contributed by atoms with Gasteiger partial charge in [0.25, 0.3) is 0 Å². The molecule has 0 saturated carbocycles. The van der Waals surface area contributed by atoms with E-state index in [4.69, 9.17) is 23.7 Å². The van der Waals surface area contributed by atoms with Crippen molar-refractivity contribution < 1.29 is 38.3 Å². The van der Waals surface area contributed by atoms with Crippen LogP contribution in [-0.4, -0.2) is 73.4 Å². The van der Waals surface area contributed by atoms with Crippen molar-refractivity contribution in [2.24, 2.45) is 0 Å². The number of halogens is 1. The van der Waals surface area contributed by atoms with Crippen LogP contribution in [0.5, 0.6) is 0 Å². The first-order valence-electron chi connectivity index (χ1n) is 6.36. The van der Waals surface area contributed by atoms with Gasteiger partial charge >= 0.3 is 0 Å². The molecule has 2 saturated heterocycles. The second-order valence-electron chi connectivity index (χ2n) is 5.16. The molecular weight excluding hydrogens is 275 g/mol. The van der Waals surface area contributed by atoms with E-state index in [0.29, 0.717) is 0 Å². The highest BCUT2D eigenvalue weighted by Crippen LogP contribution is 2.43. The molecule has 2 N–H and O–H groups in total. The number of aliphatic hydroxyl groups is 2. The monoisotopic (exact) mass is 296 g/mol. The molecule has 7 nitrogen and oxygen atoms in total. The third-order valence-corrected chi connectivity index (χ3v) is 4.11. The SMILES string of the molecule is COC1(C)O[C@@H]2[C@H](O)[C@@H](F)O[C@H](CO)[C@H]2OC1(C)OC. The lowest BCUT2D eigenvalue weighted by Gasteiger charge is -2.55. The molecule has 2 rings (SSSR count). The average molecular weight is 296 g/mol. The molecule has 0 bridgehead atoms. The molecule has 0 aromatic rings. The summed E-state index contributed by atoms with van der Waals surface area (Å²) in [6.45, 7) is 2.69. The fraction of sp³-hybridized carbons (Fsp3) is 1.00. The number of methoxy groups -OCH3 is 2. The normalized spacial score (nSPS) is 52.6. The van der Waals surface area contributed by atoms with Crippen molar-refractivity contribution in [1.82, 2.24) is 0 Å². The van der Waals surface area contributed by atoms with Gasteiger partial charge in [-0.3, -0.25) is 0 Å². The van der Waals surface area contributed by atoms with Crippen LogP contribution in [0.15, 0.2) is 0 Å². The van der Waals surface area contributed by atoms with Gasteiger partial charge in [0.05, 0.1) is 6.61 Å². The van der Waals surface area contributed by atoms with Gasteiger partial charge < -0.3 is 33.9 Å². The highest BCUT2D eigenvalue weighted by molar-refractivity contribution is 4.99. The van der Waals surface area contributed by atoms with E-state index >= 15 is 0 Å². The molecule has 0 amide bonds. The number of aliphatic hydroxyl groups excluding tert-OH is 2. The summed E-state index contributed by atoms with van der Waals surface area (Å²) in [6, 6.07) is 0. The van der Waals surface area contributed by atoms with Gasteiger partial charge in [-0.05, 0) is 13.8 Å². The molecule has 2 fully saturated rings. The average Bonchev–Trinajstić information content (AvgIpc) is 2.45. The summed E-state index contributed by atoms with van der Waals surface area (Å²) in [7, 11) is 2.80. The molecule has 20 heavy (non-hydrogen) atoms. The lowest BCUT2D eigenvalue weighted by Crippen LogP contribution is -2.72. The van der Waals surface area contributed by atoms with Crippen LogP contribution in [0.3, 0.4) is 0 Å². The first kappa shape index (κ1) is 16.0. The van der Waals surface area contributed by atoms with Crippen LogP contribution in [0.1, 0.15) is 13.8 Å². The number of hydrogen-bond acceptors (Lipinski definition) is 7. The lowest BCUT2D eigenvalue weighted by atomic mass is 9.94. The van der Waals surface area contributed by atoms with Crippen molar-refractivity contribution in [3.8, 4) is 0 Å². The lowest BCUT2D eigenvalue weighted by molar-refractivity contribution is -0.476. The standard InChI is InChI=1S/C12H21FO7/c1-11(16-3)12(2,17-4)20-9-7(15)10(13)18-6(5-14)8(9)19-11/h6-10,14-15H,5H2,1-4H3/t6-,7+,8-,9-,10+,11?,12?/m1/s1. The molecule has 2 heterocycles. The van der Waals surface area contributed by atoms with E-state index in [1.54, 1.807) is 13.8 Å². The molecule has 0 aliphatic carbocycles. The van der Waals surface area contributed by atoms with E-state index < -0.39 is 49.0 Å². The maximum atomic E-state index is 13.6. The Morgan fingerprint density at radius 3 is 2.05 bits per heavy atom. The van der Waals surface area contributed by atoms with Gasteiger partial charge in [-0.15, -0.1) is 0 Å². The van der Waals surface area contributed by atoms with Gasteiger partial charge in [-0.2, -0.15) is 0 Å². The number of rotatable bonds is 3. The van der Waals surface area contributed by atoms with Gasteiger partial charge in [-0.1, -0.05) is 0 Å². The summed E-state index contributed by atoms with van der Waals surface area (Å²) in [5.74, 6) is -2.65. The maximum Gasteiger partial charge on any atom is 0.228 e. The van der Waals surface area contributed by atoms with Crippen molar-refractivity contribution in [2.75, 3.05) is 20.8 Å². The highest BCUT2D eigenvalue weighted by Gasteiger charge is 2.62. The molecule has 118 valence electrons. The van der Waals surface area contributed by atoms with Gasteiger partial charge in [0.1, 0.15) is 24.4 Å². The Bertz CT molecular complexity index is 339. The minimum absolute atomic E-state index is 0.471. The van der Waals surface area contributed by atoms with Gasteiger partial charge in [0.2, 0.25) is 17.9 Å². The summed E-state index contributed by atoms with van der Waals surface area (Å²) in [5, 5.41) is 19.2. The van der Waals surface area contributed by atoms with Gasteiger partial charge in [0.15, 0.2) is 0 Å². The first-order chi connectivity index (χ1) is 9.31. The second kappa shape index (κ2) is 5.45. The fourth-order valence-electron chi connectivity index (χ4n) is 2.51. The van der Waals surface area contributed by atoms with Crippen molar-refractivity contribution in [3.05, 3.63) is 0 Å². The Morgan fingerprint density at radius 1 is 1.10 bits per heavy atom. The maximum absolute atomic E-state index is 13.6. The number of fused-ring (bicyclic) bond motifs is 1. The Morgan fingerprint density at radius 2 is 1.60 bits per heavy atom. The van der Waals surface area contributed by atoms with Crippen molar-refractivity contribution in [1.29, 1.82) is 0 Å². The summed E-state index contributed by atoms with van der Waals surface area (Å²) in [5.41, 5.74) is 0. The van der Waals surface area contributed by atoms with E-state index in [1.807, 2.05) is 0 Å². The molecule has 7 atom stereocenters. The molecular formula is C12H21FO7. The van der Waals surface area contributed by atoms with Crippen LogP contribution >= 0.6 is 0 Å². The van der Waals surface area contributed by atoms with Crippen LogP contribution < -0.4 is 0 Å². The molecule has 2 aliphatic heterocycles. The van der Waals surface area contributed by atoms with Crippen LogP contribution in [0, 0.1) is 0 Å². The Labute approximate surface area is 116 Å². The Balaban J connectivity index is 2.33. The summed E-state index contributed by atoms with van der Waals surface area (Å²) >= 11 is 0. The Kier molecular flexibility index (Phi) is 4.37. The van der Waals surface area contributed by atoms with E-state index in [9.17, 15) is 14.6 Å². The second-order valence-corrected chi connectivity index (χ2v) is 5.16. The van der Waals surface area contributed by atoms with Crippen molar-refractivity contribution >= 4 is 0 Å². The third kappa shape index (κ3) is 2.25. The van der Waals surface area contributed by atoms with Gasteiger partial charge in [-0.25, -0.2) is 4.39 Å². The van der Waals surface area contributed by atoms with E-state index in [2.05, 4.69) is 0 Å². The molecule has 0 aromatic heterocycles. The number of ether oxygens (including phenoxy) is 5. The minimum atomic E-state index is -1.97. The predicted octanol–water partition coefficient (Wildman–Crippen LogP) is -0.457. The van der Waals surface area contributed by atoms with E-state index in [0.717, 1.165) is 0 Å². The summed E-state index contributed by atoms with van der Waals surface area (Å²) in [6.07, 6.45) is -6.39. The first-order valence-corrected chi connectivity index (χ1v) is 6.36. The zero-order valence-corrected chi connectivity index (χ0v) is 11.9. The molecule has 2 aliphatic rings.